The second-order valence-electron chi connectivity index (χ2n) is 7.20. The lowest BCUT2D eigenvalue weighted by Crippen LogP contribution is -3.00. The van der Waals surface area contributed by atoms with Crippen LogP contribution in [-0.2, 0) is 0 Å². The van der Waals surface area contributed by atoms with Crippen LogP contribution in [0.1, 0.15) is 103 Å². The van der Waals surface area contributed by atoms with Crippen LogP contribution in [0.2, 0.25) is 0 Å². The highest BCUT2D eigenvalue weighted by molar-refractivity contribution is 5.26. The van der Waals surface area contributed by atoms with Crippen molar-refractivity contribution in [3.05, 3.63) is 37.2 Å². The van der Waals surface area contributed by atoms with Crippen molar-refractivity contribution in [2.24, 2.45) is 0 Å². The zero-order chi connectivity index (χ0) is 17.3. The fourth-order valence-corrected chi connectivity index (χ4v) is 3.26. The molecule has 0 radical (unpaired) electrons. The molecular weight excluding hydrogens is 326 g/mol. The van der Waals surface area contributed by atoms with Crippen molar-refractivity contribution in [3.63, 3.8) is 0 Å². The third kappa shape index (κ3) is 14.1. The fourth-order valence-electron chi connectivity index (χ4n) is 3.26. The molecule has 0 aromatic carbocycles. The number of hydrogen-bond donors (Lipinski definition) is 0. The van der Waals surface area contributed by atoms with Gasteiger partial charge in [0.15, 0.2) is 18.1 Å². The van der Waals surface area contributed by atoms with E-state index in [1.165, 1.54) is 95.6 Å². The van der Waals surface area contributed by atoms with E-state index < -0.39 is 0 Å². The number of hydrogen-bond acceptors (Lipinski definition) is 0. The number of rotatable bonds is 16. The van der Waals surface area contributed by atoms with E-state index in [-0.39, 0.29) is 12.4 Å². The van der Waals surface area contributed by atoms with Gasteiger partial charge in [0.25, 0.3) is 0 Å². The van der Waals surface area contributed by atoms with E-state index in [9.17, 15) is 0 Å². The number of halogens is 1. The van der Waals surface area contributed by atoms with Crippen LogP contribution in [0.3, 0.4) is 0 Å². The normalized spacial score (nSPS) is 10.4. The van der Waals surface area contributed by atoms with Gasteiger partial charge in [-0.1, -0.05) is 96.5 Å². The summed E-state index contributed by atoms with van der Waals surface area (Å²) in [7, 11) is 0. The predicted molar refractivity (Wildman–Crippen MR) is 107 cm³/mol. The number of unbranched alkanes of at least 4 members (excludes halogenated alkanes) is 13. The molecule has 0 aliphatic heterocycles. The molecule has 1 aromatic rings. The van der Waals surface area contributed by atoms with Crippen LogP contribution in [0.4, 0.5) is 0 Å². The highest BCUT2D eigenvalue weighted by Gasteiger charge is 2.04. The van der Waals surface area contributed by atoms with Crippen LogP contribution < -0.4 is 17.0 Å². The first-order valence-electron chi connectivity index (χ1n) is 10.5. The molecule has 0 aliphatic carbocycles. The zero-order valence-corrected chi connectivity index (χ0v) is 17.3. The summed E-state index contributed by atoms with van der Waals surface area (Å²) in [5, 5.41) is 0. The van der Waals surface area contributed by atoms with Gasteiger partial charge in [-0.15, -0.1) is 0 Å². The summed E-state index contributed by atoms with van der Waals surface area (Å²) in [6, 6.07) is 6.18. The van der Waals surface area contributed by atoms with Crippen molar-refractivity contribution >= 4 is 5.70 Å². The van der Waals surface area contributed by atoms with Gasteiger partial charge in [0.05, 0.1) is 0 Å². The lowest BCUT2D eigenvalue weighted by Gasteiger charge is -2.03. The Balaban J connectivity index is 0.00000576. The smallest absolute Gasteiger partial charge is 0.179 e. The van der Waals surface area contributed by atoms with Gasteiger partial charge in [-0.2, -0.15) is 4.57 Å². The van der Waals surface area contributed by atoms with Gasteiger partial charge in [0.2, 0.25) is 0 Å². The van der Waals surface area contributed by atoms with Crippen molar-refractivity contribution in [2.75, 3.05) is 0 Å². The molecular formula is C23H40ClN. The van der Waals surface area contributed by atoms with Crippen molar-refractivity contribution in [1.82, 2.24) is 0 Å². The molecule has 1 aromatic heterocycles. The minimum Gasteiger partial charge on any atom is -1.00 e. The second kappa shape index (κ2) is 18.0. The van der Waals surface area contributed by atoms with E-state index in [4.69, 9.17) is 0 Å². The molecule has 25 heavy (non-hydrogen) atoms. The summed E-state index contributed by atoms with van der Waals surface area (Å²) in [6.45, 7) is 6.48. The first-order chi connectivity index (χ1) is 11.8. The third-order valence-electron chi connectivity index (χ3n) is 4.90. The molecule has 1 heterocycles. The Hall–Kier alpha value is -0.820. The zero-order valence-electron chi connectivity index (χ0n) is 16.5. The highest BCUT2D eigenvalue weighted by atomic mass is 35.5. The van der Waals surface area contributed by atoms with Gasteiger partial charge in [-0.05, 0) is 13.0 Å². The predicted octanol–water partition coefficient (Wildman–Crippen LogP) is 4.32. The van der Waals surface area contributed by atoms with Crippen LogP contribution in [0.5, 0.6) is 0 Å². The van der Waals surface area contributed by atoms with E-state index in [1.54, 1.807) is 0 Å². The molecule has 0 spiro atoms. The van der Waals surface area contributed by atoms with Crippen molar-refractivity contribution in [2.45, 2.75) is 103 Å². The lowest BCUT2D eigenvalue weighted by atomic mass is 10.0. The molecule has 0 amide bonds. The van der Waals surface area contributed by atoms with E-state index in [2.05, 4.69) is 48.7 Å². The van der Waals surface area contributed by atoms with Gasteiger partial charge in [0, 0.05) is 18.6 Å². The second-order valence-corrected chi connectivity index (χ2v) is 7.20. The summed E-state index contributed by atoms with van der Waals surface area (Å²) in [5.41, 5.74) is 1.22. The third-order valence-corrected chi connectivity index (χ3v) is 4.90. The Bertz CT molecular complexity index is 402. The topological polar surface area (TPSA) is 3.88 Å². The SMILES string of the molecule is C=C(CCCCCCCCCCCCCCCC)[n+]1ccccc1.[Cl-]. The molecule has 2 heteroatoms. The molecule has 0 atom stereocenters. The minimum atomic E-state index is 0. The van der Waals surface area contributed by atoms with E-state index in [0.717, 1.165) is 6.42 Å². The maximum absolute atomic E-state index is 4.19. The maximum Gasteiger partial charge on any atom is 0.179 e. The van der Waals surface area contributed by atoms with Crippen LogP contribution in [-0.4, -0.2) is 0 Å². The van der Waals surface area contributed by atoms with Crippen molar-refractivity contribution in [3.8, 4) is 0 Å². The van der Waals surface area contributed by atoms with Crippen LogP contribution in [0.15, 0.2) is 37.2 Å². The van der Waals surface area contributed by atoms with Crippen molar-refractivity contribution in [1.29, 1.82) is 0 Å². The highest BCUT2D eigenvalue weighted by Crippen LogP contribution is 2.14. The van der Waals surface area contributed by atoms with Crippen LogP contribution in [0, 0.1) is 0 Å². The number of pyridine rings is 1. The van der Waals surface area contributed by atoms with Crippen molar-refractivity contribution < 1.29 is 17.0 Å². The summed E-state index contributed by atoms with van der Waals surface area (Å²) in [4.78, 5) is 0. The summed E-state index contributed by atoms with van der Waals surface area (Å²) in [6.07, 6.45) is 25.1. The molecule has 0 unspecified atom stereocenters. The minimum absolute atomic E-state index is 0. The van der Waals surface area contributed by atoms with Gasteiger partial charge in [-0.25, -0.2) is 0 Å². The van der Waals surface area contributed by atoms with Gasteiger partial charge in [0.1, 0.15) is 0 Å². The first kappa shape index (κ1) is 24.2. The fraction of sp³-hybridized carbons (Fsp3) is 0.696. The summed E-state index contributed by atoms with van der Waals surface area (Å²) < 4.78 is 2.14. The summed E-state index contributed by atoms with van der Waals surface area (Å²) in [5.74, 6) is 0. The molecule has 0 N–H and O–H groups in total. The Morgan fingerprint density at radius 2 is 1.04 bits per heavy atom. The Kier molecular flexibility index (Phi) is 17.4. The first-order valence-corrected chi connectivity index (χ1v) is 10.5. The molecule has 0 fully saturated rings. The van der Waals surface area contributed by atoms with Gasteiger partial charge < -0.3 is 12.4 Å². The Morgan fingerprint density at radius 1 is 0.640 bits per heavy atom. The number of allylic oxidation sites excluding steroid dienone is 1. The van der Waals surface area contributed by atoms with E-state index >= 15 is 0 Å². The van der Waals surface area contributed by atoms with E-state index in [1.807, 2.05) is 0 Å². The van der Waals surface area contributed by atoms with Crippen LogP contribution >= 0.6 is 0 Å². The molecule has 1 rings (SSSR count). The maximum atomic E-state index is 4.19. The van der Waals surface area contributed by atoms with Gasteiger partial charge in [-0.3, -0.25) is 0 Å². The number of aromatic nitrogens is 1. The summed E-state index contributed by atoms with van der Waals surface area (Å²) >= 11 is 0. The standard InChI is InChI=1S/C23H40N.ClH/c1-3-4-5-6-7-8-9-10-11-12-13-14-15-17-20-23(2)24-21-18-16-19-22-24;/h16,18-19,21-22H,2-15,17,20H2,1H3;1H/q+1;/p-1. The van der Waals surface area contributed by atoms with Gasteiger partial charge >= 0.3 is 0 Å². The van der Waals surface area contributed by atoms with Crippen LogP contribution in [0.25, 0.3) is 5.70 Å². The molecule has 0 aliphatic rings. The quantitative estimate of drug-likeness (QED) is 0.303. The van der Waals surface area contributed by atoms with E-state index in [0.29, 0.717) is 0 Å². The molecule has 0 bridgehead atoms. The Morgan fingerprint density at radius 3 is 1.48 bits per heavy atom. The monoisotopic (exact) mass is 365 g/mol. The lowest BCUT2D eigenvalue weighted by molar-refractivity contribution is -0.583. The molecule has 1 nitrogen and oxygen atoms in total. The average molecular weight is 366 g/mol. The largest absolute Gasteiger partial charge is 1.00 e. The average Bonchev–Trinajstić information content (AvgIpc) is 2.62. The molecule has 0 saturated heterocycles. The number of nitrogens with zero attached hydrogens (tertiary/aromatic N) is 1. The Labute approximate surface area is 163 Å². The molecule has 0 saturated carbocycles. The molecule has 144 valence electrons.